The largest absolute Gasteiger partial charge is 0.400 e. The van der Waals surface area contributed by atoms with Crippen LogP contribution in [-0.2, 0) is 4.79 Å². The van der Waals surface area contributed by atoms with Crippen molar-refractivity contribution in [2.24, 2.45) is 0 Å². The summed E-state index contributed by atoms with van der Waals surface area (Å²) in [6.07, 6.45) is 7.76. The average molecular weight is 188 g/mol. The Bertz CT molecular complexity index is 100. The van der Waals surface area contributed by atoms with E-state index in [2.05, 4.69) is 6.92 Å². The lowest BCUT2D eigenvalue weighted by Gasteiger charge is -1.97. The van der Waals surface area contributed by atoms with Crippen molar-refractivity contribution in [3.05, 3.63) is 0 Å². The Kier molecular flexibility index (Phi) is 16.5. The number of carbonyl (C=O) groups is 1. The third kappa shape index (κ3) is 14.5. The molecule has 0 rings (SSSR count). The van der Waals surface area contributed by atoms with Gasteiger partial charge in [-0.3, -0.25) is 4.79 Å². The van der Waals surface area contributed by atoms with Gasteiger partial charge in [0, 0.05) is 20.0 Å². The zero-order chi connectivity index (χ0) is 10.5. The number of hydrogen-bond donors (Lipinski definition) is 1. The van der Waals surface area contributed by atoms with Gasteiger partial charge in [0.1, 0.15) is 5.78 Å². The van der Waals surface area contributed by atoms with Crippen LogP contribution in [0.4, 0.5) is 0 Å². The van der Waals surface area contributed by atoms with Gasteiger partial charge in [-0.15, -0.1) is 0 Å². The molecule has 0 aliphatic carbocycles. The zero-order valence-electron chi connectivity index (χ0n) is 9.31. The molecule has 80 valence electrons. The molecule has 0 aliphatic rings. The molecule has 0 aromatic carbocycles. The minimum Gasteiger partial charge on any atom is -0.400 e. The first-order chi connectivity index (χ1) is 6.31. The van der Waals surface area contributed by atoms with Gasteiger partial charge in [-0.2, -0.15) is 0 Å². The van der Waals surface area contributed by atoms with Crippen molar-refractivity contribution in [3.63, 3.8) is 0 Å². The summed E-state index contributed by atoms with van der Waals surface area (Å²) in [4.78, 5) is 10.8. The predicted octanol–water partition coefficient (Wildman–Crippen LogP) is 2.93. The summed E-state index contributed by atoms with van der Waals surface area (Å²) in [6.45, 7) is 4.14. The monoisotopic (exact) mass is 188 g/mol. The van der Waals surface area contributed by atoms with Crippen LogP contribution in [0.25, 0.3) is 0 Å². The van der Waals surface area contributed by atoms with Crippen molar-refractivity contribution in [2.45, 2.75) is 58.8 Å². The van der Waals surface area contributed by atoms with Crippen molar-refractivity contribution in [1.29, 1.82) is 0 Å². The summed E-state index contributed by atoms with van der Waals surface area (Å²) in [5.41, 5.74) is 0. The molecule has 0 bridgehead atoms. The molecule has 0 atom stereocenters. The van der Waals surface area contributed by atoms with Crippen LogP contribution < -0.4 is 0 Å². The fourth-order valence-corrected chi connectivity index (χ4v) is 1.10. The van der Waals surface area contributed by atoms with E-state index in [0.717, 1.165) is 20.0 Å². The molecular weight excluding hydrogens is 164 g/mol. The van der Waals surface area contributed by atoms with Gasteiger partial charge in [0.15, 0.2) is 0 Å². The lowest BCUT2D eigenvalue weighted by atomic mass is 10.1. The molecule has 0 fully saturated rings. The molecule has 0 aromatic rings. The molecule has 1 N–H and O–H groups in total. The highest BCUT2D eigenvalue weighted by molar-refractivity contribution is 5.77. The standard InChI is InChI=1S/C10H20O.CH4O/c1-3-5-6-7-8-9-10(11)4-2;1-2/h3-9H2,1-2H3;2H,1H3. The highest BCUT2D eigenvalue weighted by atomic mass is 16.2. The fourth-order valence-electron chi connectivity index (χ4n) is 1.10. The minimum atomic E-state index is 0.418. The molecule has 0 heterocycles. The van der Waals surface area contributed by atoms with Gasteiger partial charge in [-0.25, -0.2) is 0 Å². The number of Topliss-reactive ketones (excluding diaryl/α,β-unsaturated/α-hetero) is 1. The van der Waals surface area contributed by atoms with E-state index in [-0.39, 0.29) is 0 Å². The maximum atomic E-state index is 10.8. The van der Waals surface area contributed by atoms with E-state index in [1.807, 2.05) is 6.92 Å². The smallest absolute Gasteiger partial charge is 0.132 e. The highest BCUT2D eigenvalue weighted by Gasteiger charge is 1.96. The SMILES string of the molecule is CCCCCCCC(=O)CC.CO. The van der Waals surface area contributed by atoms with Crippen LogP contribution in [0.2, 0.25) is 0 Å². The van der Waals surface area contributed by atoms with Crippen molar-refractivity contribution < 1.29 is 9.90 Å². The molecule has 0 saturated heterocycles. The Balaban J connectivity index is 0. The quantitative estimate of drug-likeness (QED) is 0.624. The van der Waals surface area contributed by atoms with Crippen molar-refractivity contribution in [2.75, 3.05) is 7.11 Å². The summed E-state index contributed by atoms with van der Waals surface area (Å²) in [5, 5.41) is 7.00. The van der Waals surface area contributed by atoms with E-state index in [1.165, 1.54) is 25.7 Å². The van der Waals surface area contributed by atoms with Crippen LogP contribution in [0.5, 0.6) is 0 Å². The molecule has 0 unspecified atom stereocenters. The van der Waals surface area contributed by atoms with E-state index < -0.39 is 0 Å². The molecule has 2 nitrogen and oxygen atoms in total. The summed E-state index contributed by atoms with van der Waals surface area (Å²) >= 11 is 0. The number of aliphatic hydroxyl groups is 1. The molecule has 0 amide bonds. The van der Waals surface area contributed by atoms with Gasteiger partial charge in [0.05, 0.1) is 0 Å². The summed E-state index contributed by atoms with van der Waals surface area (Å²) < 4.78 is 0. The van der Waals surface area contributed by atoms with E-state index in [4.69, 9.17) is 5.11 Å². The van der Waals surface area contributed by atoms with Crippen LogP contribution >= 0.6 is 0 Å². The van der Waals surface area contributed by atoms with E-state index in [0.29, 0.717) is 12.2 Å². The van der Waals surface area contributed by atoms with E-state index >= 15 is 0 Å². The maximum absolute atomic E-state index is 10.8. The van der Waals surface area contributed by atoms with Crippen LogP contribution in [0, 0.1) is 0 Å². The molecule has 0 saturated carbocycles. The van der Waals surface area contributed by atoms with Gasteiger partial charge >= 0.3 is 0 Å². The Morgan fingerprint density at radius 2 is 1.54 bits per heavy atom. The summed E-state index contributed by atoms with van der Waals surface area (Å²) in [6, 6.07) is 0. The molecule has 0 aliphatic heterocycles. The Morgan fingerprint density at radius 1 is 1.00 bits per heavy atom. The summed E-state index contributed by atoms with van der Waals surface area (Å²) in [5.74, 6) is 0.418. The average Bonchev–Trinajstić information content (AvgIpc) is 2.20. The van der Waals surface area contributed by atoms with Gasteiger partial charge in [0.2, 0.25) is 0 Å². The highest BCUT2D eigenvalue weighted by Crippen LogP contribution is 2.05. The van der Waals surface area contributed by atoms with Gasteiger partial charge in [-0.1, -0.05) is 39.5 Å². The van der Waals surface area contributed by atoms with Gasteiger partial charge in [0.25, 0.3) is 0 Å². The van der Waals surface area contributed by atoms with Crippen molar-refractivity contribution in [1.82, 2.24) is 0 Å². The number of rotatable bonds is 7. The lowest BCUT2D eigenvalue weighted by Crippen LogP contribution is -1.93. The first-order valence-corrected chi connectivity index (χ1v) is 5.27. The zero-order valence-corrected chi connectivity index (χ0v) is 9.31. The van der Waals surface area contributed by atoms with Gasteiger partial charge in [-0.05, 0) is 6.42 Å². The number of unbranched alkanes of at least 4 members (excludes halogenated alkanes) is 4. The molecule has 0 spiro atoms. The topological polar surface area (TPSA) is 37.3 Å². The molecular formula is C11H24O2. The number of carbonyl (C=O) groups excluding carboxylic acids is 1. The van der Waals surface area contributed by atoms with Crippen molar-refractivity contribution in [3.8, 4) is 0 Å². The molecule has 0 aromatic heterocycles. The third-order valence-corrected chi connectivity index (χ3v) is 1.95. The normalized spacial score (nSPS) is 8.92. The Morgan fingerprint density at radius 3 is 2.00 bits per heavy atom. The molecule has 2 heteroatoms. The summed E-state index contributed by atoms with van der Waals surface area (Å²) in [7, 11) is 1.00. The van der Waals surface area contributed by atoms with Crippen LogP contribution in [0.3, 0.4) is 0 Å². The Labute approximate surface area is 82.4 Å². The fraction of sp³-hybridized carbons (Fsp3) is 0.909. The molecule has 0 radical (unpaired) electrons. The lowest BCUT2D eigenvalue weighted by molar-refractivity contribution is -0.118. The minimum absolute atomic E-state index is 0.418. The van der Waals surface area contributed by atoms with Gasteiger partial charge < -0.3 is 5.11 Å². The number of ketones is 1. The first-order valence-electron chi connectivity index (χ1n) is 5.27. The third-order valence-electron chi connectivity index (χ3n) is 1.95. The van der Waals surface area contributed by atoms with Crippen molar-refractivity contribution >= 4 is 5.78 Å². The van der Waals surface area contributed by atoms with E-state index in [9.17, 15) is 4.79 Å². The van der Waals surface area contributed by atoms with Crippen LogP contribution in [-0.4, -0.2) is 18.0 Å². The maximum Gasteiger partial charge on any atom is 0.132 e. The second-order valence-corrected chi connectivity index (χ2v) is 3.06. The second-order valence-electron chi connectivity index (χ2n) is 3.06. The molecule has 13 heavy (non-hydrogen) atoms. The van der Waals surface area contributed by atoms with Crippen LogP contribution in [0.15, 0.2) is 0 Å². The van der Waals surface area contributed by atoms with E-state index in [1.54, 1.807) is 0 Å². The Hall–Kier alpha value is -0.370. The predicted molar refractivity (Wildman–Crippen MR) is 56.8 cm³/mol. The second kappa shape index (κ2) is 14.2. The van der Waals surface area contributed by atoms with Crippen LogP contribution in [0.1, 0.15) is 58.8 Å². The number of hydrogen-bond acceptors (Lipinski definition) is 2. The first kappa shape index (κ1) is 15.1. The number of aliphatic hydroxyl groups excluding tert-OH is 1.